The number of nitrogens with one attached hydrogen (secondary N) is 2. The van der Waals surface area contributed by atoms with Gasteiger partial charge in [0, 0.05) is 16.0 Å². The van der Waals surface area contributed by atoms with Crippen LogP contribution in [0, 0.1) is 0 Å². The summed E-state index contributed by atoms with van der Waals surface area (Å²) >= 11 is 4.68. The Bertz CT molecular complexity index is 976. The molecule has 4 rings (SSSR count). The number of carbonyl (C=O) groups is 1. The largest absolute Gasteiger partial charge is 0.295 e. The van der Waals surface area contributed by atoms with E-state index in [1.165, 1.54) is 16.2 Å². The summed E-state index contributed by atoms with van der Waals surface area (Å²) in [5, 5.41) is 21.1. The molecule has 0 saturated carbocycles. The number of amides is 1. The van der Waals surface area contributed by atoms with E-state index in [0.29, 0.717) is 10.8 Å². The molecule has 0 radical (unpaired) electrons. The van der Waals surface area contributed by atoms with E-state index in [0.717, 1.165) is 21.0 Å². The fourth-order valence-corrected chi connectivity index (χ4v) is 4.66. The first-order valence-corrected chi connectivity index (χ1v) is 9.71. The molecule has 0 aliphatic heterocycles. The molecule has 1 aromatic carbocycles. The quantitative estimate of drug-likeness (QED) is 0.408. The Labute approximate surface area is 149 Å². The van der Waals surface area contributed by atoms with Crippen molar-refractivity contribution in [3.63, 3.8) is 0 Å². The van der Waals surface area contributed by atoms with Crippen molar-refractivity contribution in [2.75, 3.05) is 5.32 Å². The second-order valence-corrected chi connectivity index (χ2v) is 8.05. The van der Waals surface area contributed by atoms with Crippen LogP contribution in [-0.2, 0) is 5.75 Å². The van der Waals surface area contributed by atoms with E-state index >= 15 is 0 Å². The van der Waals surface area contributed by atoms with Gasteiger partial charge in [-0.25, -0.2) is 0 Å². The third-order valence-electron chi connectivity index (χ3n) is 3.23. The van der Waals surface area contributed by atoms with Crippen molar-refractivity contribution in [2.24, 2.45) is 0 Å². The number of carbonyl (C=O) groups excluding carboxylic acids is 1. The van der Waals surface area contributed by atoms with Gasteiger partial charge in [-0.2, -0.15) is 5.10 Å². The lowest BCUT2D eigenvalue weighted by molar-refractivity contribution is 0.102. The molecule has 0 aliphatic rings. The van der Waals surface area contributed by atoms with Crippen LogP contribution in [0.25, 0.3) is 10.9 Å². The van der Waals surface area contributed by atoms with Crippen molar-refractivity contribution >= 4 is 56.4 Å². The lowest BCUT2D eigenvalue weighted by atomic mass is 10.2. The number of thiophene rings is 1. The summed E-state index contributed by atoms with van der Waals surface area (Å²) in [4.78, 5) is 13.7. The van der Waals surface area contributed by atoms with Crippen molar-refractivity contribution in [1.82, 2.24) is 20.4 Å². The van der Waals surface area contributed by atoms with Crippen LogP contribution >= 0.6 is 34.4 Å². The maximum absolute atomic E-state index is 12.4. The molecule has 2 N–H and O–H groups in total. The number of nitrogens with zero attached hydrogens (tertiary/aromatic N) is 3. The van der Waals surface area contributed by atoms with Gasteiger partial charge in [-0.15, -0.1) is 21.5 Å². The number of fused-ring (bicyclic) bond motifs is 1. The predicted molar refractivity (Wildman–Crippen MR) is 97.8 cm³/mol. The lowest BCUT2D eigenvalue weighted by Gasteiger charge is -1.97. The molecule has 120 valence electrons. The van der Waals surface area contributed by atoms with E-state index in [4.69, 9.17) is 0 Å². The Morgan fingerprint density at radius 2 is 2.12 bits per heavy atom. The molecule has 24 heavy (non-hydrogen) atoms. The molecule has 9 heteroatoms. The number of para-hydroxylation sites is 1. The van der Waals surface area contributed by atoms with Crippen LogP contribution < -0.4 is 5.32 Å². The molecular weight excluding hydrogens is 362 g/mol. The fraction of sp³-hybridized carbons (Fsp3) is 0.0667. The van der Waals surface area contributed by atoms with Crippen LogP contribution in [-0.4, -0.2) is 26.3 Å². The number of rotatable bonds is 5. The Morgan fingerprint density at radius 1 is 1.21 bits per heavy atom. The summed E-state index contributed by atoms with van der Waals surface area (Å²) in [6, 6.07) is 11.6. The van der Waals surface area contributed by atoms with Gasteiger partial charge in [0.05, 0.1) is 5.52 Å². The van der Waals surface area contributed by atoms with Gasteiger partial charge < -0.3 is 0 Å². The molecule has 0 bridgehead atoms. The summed E-state index contributed by atoms with van der Waals surface area (Å²) in [7, 11) is 0. The predicted octanol–water partition coefficient (Wildman–Crippen LogP) is 4.02. The summed E-state index contributed by atoms with van der Waals surface area (Å²) in [6.45, 7) is 0. The second-order valence-electron chi connectivity index (χ2n) is 4.81. The van der Waals surface area contributed by atoms with Crippen molar-refractivity contribution in [2.45, 2.75) is 10.1 Å². The summed E-state index contributed by atoms with van der Waals surface area (Å²) in [5.41, 5.74) is 1.18. The standard InChI is InChI=1S/C15H11N5OS3/c21-13(12-10-5-1-2-6-11(10)17-18-12)16-14-19-20-15(24-14)23-8-9-4-3-7-22-9/h1-7H,8H2,(H,17,18)(H,16,19,21). The highest BCUT2D eigenvalue weighted by molar-refractivity contribution is 8.00. The maximum atomic E-state index is 12.4. The fourth-order valence-electron chi connectivity index (χ4n) is 2.14. The minimum Gasteiger partial charge on any atom is -0.295 e. The van der Waals surface area contributed by atoms with Gasteiger partial charge >= 0.3 is 0 Å². The van der Waals surface area contributed by atoms with Gasteiger partial charge in [0.15, 0.2) is 10.0 Å². The number of aromatic nitrogens is 4. The van der Waals surface area contributed by atoms with Gasteiger partial charge in [0.1, 0.15) is 0 Å². The topological polar surface area (TPSA) is 83.6 Å². The molecule has 3 aromatic heterocycles. The molecule has 0 fully saturated rings. The summed E-state index contributed by atoms with van der Waals surface area (Å²) in [6.07, 6.45) is 0. The number of anilines is 1. The minimum absolute atomic E-state index is 0.293. The Balaban J connectivity index is 1.44. The molecule has 0 unspecified atom stereocenters. The molecule has 3 heterocycles. The number of aromatic amines is 1. The first kappa shape index (κ1) is 15.3. The zero-order valence-electron chi connectivity index (χ0n) is 12.2. The van der Waals surface area contributed by atoms with Crippen LogP contribution in [0.5, 0.6) is 0 Å². The normalized spacial score (nSPS) is 11.0. The number of benzene rings is 1. The highest BCUT2D eigenvalue weighted by atomic mass is 32.2. The Kier molecular flexibility index (Phi) is 4.28. The molecule has 0 spiro atoms. The monoisotopic (exact) mass is 373 g/mol. The molecular formula is C15H11N5OS3. The average Bonchev–Trinajstić information content (AvgIpc) is 3.33. The first-order chi connectivity index (χ1) is 11.8. The van der Waals surface area contributed by atoms with E-state index in [-0.39, 0.29) is 5.91 Å². The molecule has 6 nitrogen and oxygen atoms in total. The smallest absolute Gasteiger partial charge is 0.278 e. The number of H-pyrrole nitrogens is 1. The molecule has 0 saturated heterocycles. The second kappa shape index (κ2) is 6.71. The van der Waals surface area contributed by atoms with Crippen LogP contribution in [0.1, 0.15) is 15.4 Å². The zero-order chi connectivity index (χ0) is 16.4. The van der Waals surface area contributed by atoms with Crippen molar-refractivity contribution < 1.29 is 4.79 Å². The average molecular weight is 373 g/mol. The molecule has 1 amide bonds. The third kappa shape index (κ3) is 3.18. The molecule has 0 aliphatic carbocycles. The first-order valence-electron chi connectivity index (χ1n) is 7.03. The van der Waals surface area contributed by atoms with E-state index in [2.05, 4.69) is 37.2 Å². The number of hydrogen-bond donors (Lipinski definition) is 2. The Morgan fingerprint density at radius 3 is 3.00 bits per heavy atom. The minimum atomic E-state index is -0.293. The van der Waals surface area contributed by atoms with Crippen molar-refractivity contribution in [1.29, 1.82) is 0 Å². The van der Waals surface area contributed by atoms with Gasteiger partial charge in [0.25, 0.3) is 5.91 Å². The van der Waals surface area contributed by atoms with Crippen molar-refractivity contribution in [3.05, 3.63) is 52.3 Å². The zero-order valence-corrected chi connectivity index (χ0v) is 14.7. The Hall–Kier alpha value is -2.23. The molecule has 0 atom stereocenters. The lowest BCUT2D eigenvalue weighted by Crippen LogP contribution is -2.12. The van der Waals surface area contributed by atoms with Gasteiger partial charge in [-0.1, -0.05) is 47.4 Å². The highest BCUT2D eigenvalue weighted by Gasteiger charge is 2.16. The summed E-state index contributed by atoms with van der Waals surface area (Å²) < 4.78 is 0.825. The van der Waals surface area contributed by atoms with Crippen LogP contribution in [0.15, 0.2) is 46.1 Å². The van der Waals surface area contributed by atoms with Crippen LogP contribution in [0.3, 0.4) is 0 Å². The van der Waals surface area contributed by atoms with Crippen LogP contribution in [0.4, 0.5) is 5.13 Å². The van der Waals surface area contributed by atoms with Gasteiger partial charge in [-0.3, -0.25) is 15.2 Å². The van der Waals surface area contributed by atoms with E-state index in [1.54, 1.807) is 23.1 Å². The highest BCUT2D eigenvalue weighted by Crippen LogP contribution is 2.29. The third-order valence-corrected chi connectivity index (χ3v) is 6.31. The van der Waals surface area contributed by atoms with E-state index in [1.807, 2.05) is 30.3 Å². The SMILES string of the molecule is O=C(Nc1nnc(SCc2cccs2)s1)c1n[nH]c2ccccc12. The van der Waals surface area contributed by atoms with Crippen LogP contribution in [0.2, 0.25) is 0 Å². The van der Waals surface area contributed by atoms with Gasteiger partial charge in [0.2, 0.25) is 5.13 Å². The number of hydrogen-bond acceptors (Lipinski definition) is 7. The number of thioether (sulfide) groups is 1. The van der Waals surface area contributed by atoms with Crippen molar-refractivity contribution in [3.8, 4) is 0 Å². The summed E-state index contributed by atoms with van der Waals surface area (Å²) in [5.74, 6) is 0.558. The van der Waals surface area contributed by atoms with Gasteiger partial charge in [-0.05, 0) is 17.5 Å². The van der Waals surface area contributed by atoms with E-state index < -0.39 is 0 Å². The van der Waals surface area contributed by atoms with E-state index in [9.17, 15) is 4.79 Å². The molecule has 4 aromatic rings. The maximum Gasteiger partial charge on any atom is 0.278 e.